The Morgan fingerprint density at radius 2 is 1.47 bits per heavy atom. The van der Waals surface area contributed by atoms with Crippen molar-refractivity contribution < 1.29 is 5.11 Å². The highest BCUT2D eigenvalue weighted by Gasteiger charge is 2.08. The van der Waals surface area contributed by atoms with Crippen LogP contribution in [0.2, 0.25) is 0 Å². The lowest BCUT2D eigenvalue weighted by Gasteiger charge is -2.12. The Bertz CT molecular complexity index is 368. The summed E-state index contributed by atoms with van der Waals surface area (Å²) in [6.45, 7) is 6.59. The summed E-state index contributed by atoms with van der Waals surface area (Å²) in [7, 11) is 0. The lowest BCUT2D eigenvalue weighted by molar-refractivity contribution is 0.459. The summed E-state index contributed by atoms with van der Waals surface area (Å²) >= 11 is 0. The number of hydrogen-bond acceptors (Lipinski definition) is 1. The molecule has 0 fully saturated rings. The zero-order valence-corrected chi connectivity index (χ0v) is 13.0. The molecule has 1 aromatic carbocycles. The van der Waals surface area contributed by atoms with Crippen LogP contribution in [-0.2, 0) is 19.3 Å². The molecule has 0 bridgehead atoms. The van der Waals surface area contributed by atoms with Crippen molar-refractivity contribution in [2.45, 2.75) is 78.6 Å². The van der Waals surface area contributed by atoms with Crippen LogP contribution in [0.25, 0.3) is 0 Å². The van der Waals surface area contributed by atoms with E-state index < -0.39 is 0 Å². The van der Waals surface area contributed by atoms with Crippen molar-refractivity contribution >= 4 is 0 Å². The van der Waals surface area contributed by atoms with Crippen molar-refractivity contribution in [1.82, 2.24) is 0 Å². The Balaban J connectivity index is 2.75. The van der Waals surface area contributed by atoms with E-state index in [0.29, 0.717) is 5.75 Å². The summed E-state index contributed by atoms with van der Waals surface area (Å²) < 4.78 is 0. The van der Waals surface area contributed by atoms with E-state index in [4.69, 9.17) is 0 Å². The molecule has 1 aromatic rings. The molecule has 0 aliphatic carbocycles. The Kier molecular flexibility index (Phi) is 7.62. The molecule has 0 amide bonds. The van der Waals surface area contributed by atoms with Gasteiger partial charge >= 0.3 is 0 Å². The molecule has 108 valence electrons. The van der Waals surface area contributed by atoms with Gasteiger partial charge in [-0.2, -0.15) is 0 Å². The average Bonchev–Trinajstić information content (AvgIpc) is 2.43. The van der Waals surface area contributed by atoms with Gasteiger partial charge in [-0.15, -0.1) is 0 Å². The fourth-order valence-corrected chi connectivity index (χ4v) is 2.56. The van der Waals surface area contributed by atoms with E-state index in [1.54, 1.807) is 0 Å². The second kappa shape index (κ2) is 9.01. The van der Waals surface area contributed by atoms with Crippen LogP contribution in [0.4, 0.5) is 0 Å². The van der Waals surface area contributed by atoms with Crippen molar-refractivity contribution in [2.75, 3.05) is 0 Å². The second-order valence-corrected chi connectivity index (χ2v) is 5.53. The van der Waals surface area contributed by atoms with Crippen molar-refractivity contribution in [3.63, 3.8) is 0 Å². The maximum atomic E-state index is 10.3. The maximum absolute atomic E-state index is 10.3. The number of aromatic hydroxyl groups is 1. The third-order valence-electron chi connectivity index (χ3n) is 3.83. The van der Waals surface area contributed by atoms with Crippen LogP contribution in [0.1, 0.15) is 76.0 Å². The van der Waals surface area contributed by atoms with E-state index >= 15 is 0 Å². The predicted molar refractivity (Wildman–Crippen MR) is 83.9 cm³/mol. The molecule has 1 heteroatoms. The van der Waals surface area contributed by atoms with Gasteiger partial charge in [-0.25, -0.2) is 0 Å². The van der Waals surface area contributed by atoms with Gasteiger partial charge in [0.05, 0.1) is 0 Å². The number of unbranched alkanes of at least 4 members (excludes halogenated alkanes) is 4. The molecular weight excluding hydrogens is 232 g/mol. The van der Waals surface area contributed by atoms with Gasteiger partial charge in [-0.05, 0) is 48.8 Å². The summed E-state index contributed by atoms with van der Waals surface area (Å²) in [5, 5.41) is 10.3. The highest BCUT2D eigenvalue weighted by atomic mass is 16.3. The minimum absolute atomic E-state index is 0.555. The first-order chi connectivity index (χ1) is 9.22. The molecule has 0 atom stereocenters. The summed E-state index contributed by atoms with van der Waals surface area (Å²) in [6.07, 6.45) is 10.6. The van der Waals surface area contributed by atoms with Crippen LogP contribution >= 0.6 is 0 Å². The molecule has 19 heavy (non-hydrogen) atoms. The van der Waals surface area contributed by atoms with Crippen LogP contribution in [0.15, 0.2) is 12.1 Å². The molecule has 0 unspecified atom stereocenters. The molecule has 0 saturated carbocycles. The smallest absolute Gasteiger partial charge is 0.121 e. The zero-order valence-electron chi connectivity index (χ0n) is 13.0. The molecule has 1 N–H and O–H groups in total. The van der Waals surface area contributed by atoms with Crippen LogP contribution in [0.3, 0.4) is 0 Å². The van der Waals surface area contributed by atoms with Crippen molar-refractivity contribution in [2.24, 2.45) is 0 Å². The average molecular weight is 262 g/mol. The van der Waals surface area contributed by atoms with E-state index in [0.717, 1.165) is 24.8 Å². The quantitative estimate of drug-likeness (QED) is 0.589. The molecule has 0 aliphatic heterocycles. The Morgan fingerprint density at radius 3 is 2.11 bits per heavy atom. The van der Waals surface area contributed by atoms with Gasteiger partial charge < -0.3 is 5.11 Å². The number of aryl methyl sites for hydroxylation is 3. The van der Waals surface area contributed by atoms with E-state index in [1.165, 1.54) is 49.7 Å². The lowest BCUT2D eigenvalue weighted by Crippen LogP contribution is -1.96. The monoisotopic (exact) mass is 262 g/mol. The zero-order chi connectivity index (χ0) is 14.1. The van der Waals surface area contributed by atoms with Crippen LogP contribution in [-0.4, -0.2) is 5.11 Å². The predicted octanol–water partition coefficient (Wildman–Crippen LogP) is 5.42. The molecule has 1 nitrogen and oxygen atoms in total. The first-order valence-electron chi connectivity index (χ1n) is 8.06. The normalized spacial score (nSPS) is 10.9. The summed E-state index contributed by atoms with van der Waals surface area (Å²) in [5.41, 5.74) is 3.70. The Labute approximate surface area is 119 Å². The SMILES string of the molecule is CCCCCCc1cc(CCCC)cc(CC)c1O. The van der Waals surface area contributed by atoms with Crippen molar-refractivity contribution in [3.05, 3.63) is 28.8 Å². The Morgan fingerprint density at radius 1 is 0.789 bits per heavy atom. The molecule has 0 heterocycles. The van der Waals surface area contributed by atoms with Gasteiger partial charge in [0.2, 0.25) is 0 Å². The lowest BCUT2D eigenvalue weighted by atomic mass is 9.96. The van der Waals surface area contributed by atoms with Gasteiger partial charge in [-0.1, -0.05) is 58.6 Å². The molecule has 0 saturated heterocycles. The number of benzene rings is 1. The van der Waals surface area contributed by atoms with Crippen molar-refractivity contribution in [1.29, 1.82) is 0 Å². The third-order valence-corrected chi connectivity index (χ3v) is 3.83. The largest absolute Gasteiger partial charge is 0.507 e. The van der Waals surface area contributed by atoms with Crippen LogP contribution < -0.4 is 0 Å². The van der Waals surface area contributed by atoms with Gasteiger partial charge in [-0.3, -0.25) is 0 Å². The van der Waals surface area contributed by atoms with Gasteiger partial charge in [0.15, 0.2) is 0 Å². The standard InChI is InChI=1S/C18H30O/c1-4-7-9-10-12-17-14-15(11-8-5-2)13-16(6-3)18(17)19/h13-14,19H,4-12H2,1-3H3. The highest BCUT2D eigenvalue weighted by molar-refractivity contribution is 5.44. The first kappa shape index (κ1) is 16.1. The fraction of sp³-hybridized carbons (Fsp3) is 0.667. The topological polar surface area (TPSA) is 20.2 Å². The number of phenols is 1. The van der Waals surface area contributed by atoms with Gasteiger partial charge in [0.25, 0.3) is 0 Å². The minimum Gasteiger partial charge on any atom is -0.507 e. The molecule has 0 spiro atoms. The second-order valence-electron chi connectivity index (χ2n) is 5.53. The third kappa shape index (κ3) is 5.26. The molecule has 0 aliphatic rings. The number of hydrogen-bond donors (Lipinski definition) is 1. The van der Waals surface area contributed by atoms with E-state index in [2.05, 4.69) is 32.9 Å². The summed E-state index contributed by atoms with van der Waals surface area (Å²) in [6, 6.07) is 4.43. The number of phenolic OH excluding ortho intramolecular Hbond substituents is 1. The fourth-order valence-electron chi connectivity index (χ4n) is 2.56. The van der Waals surface area contributed by atoms with E-state index in [-0.39, 0.29) is 0 Å². The van der Waals surface area contributed by atoms with Crippen LogP contribution in [0, 0.1) is 0 Å². The van der Waals surface area contributed by atoms with E-state index in [1.807, 2.05) is 0 Å². The number of rotatable bonds is 9. The molecular formula is C18H30O. The van der Waals surface area contributed by atoms with E-state index in [9.17, 15) is 5.11 Å². The van der Waals surface area contributed by atoms with Crippen molar-refractivity contribution in [3.8, 4) is 5.75 Å². The summed E-state index contributed by atoms with van der Waals surface area (Å²) in [4.78, 5) is 0. The maximum Gasteiger partial charge on any atom is 0.121 e. The Hall–Kier alpha value is -0.980. The highest BCUT2D eigenvalue weighted by Crippen LogP contribution is 2.27. The molecule has 0 aromatic heterocycles. The minimum atomic E-state index is 0.555. The van der Waals surface area contributed by atoms with Gasteiger partial charge in [0, 0.05) is 0 Å². The molecule has 1 rings (SSSR count). The summed E-state index contributed by atoms with van der Waals surface area (Å²) in [5.74, 6) is 0.555. The first-order valence-corrected chi connectivity index (χ1v) is 8.06. The van der Waals surface area contributed by atoms with Gasteiger partial charge in [0.1, 0.15) is 5.75 Å². The van der Waals surface area contributed by atoms with Crippen LogP contribution in [0.5, 0.6) is 5.75 Å². The molecule has 0 radical (unpaired) electrons.